The molecule has 43 heavy (non-hydrogen) atoms. The van der Waals surface area contributed by atoms with Gasteiger partial charge in [0.25, 0.3) is 0 Å². The zero-order chi connectivity index (χ0) is 31.4. The Morgan fingerprint density at radius 1 is 0.674 bits per heavy atom. The van der Waals surface area contributed by atoms with E-state index in [2.05, 4.69) is 152 Å². The van der Waals surface area contributed by atoms with Crippen molar-refractivity contribution in [1.29, 1.82) is 0 Å². The zero-order valence-electron chi connectivity index (χ0n) is 27.4. The Hall–Kier alpha value is -3.07. The monoisotopic (exact) mass is 670 g/mol. The van der Waals surface area contributed by atoms with Gasteiger partial charge in [-0.05, 0) is 60.0 Å². The molecule has 0 N–H and O–H groups in total. The standard InChI is InChI=1S/C27H36N2.C9H12N.N3.Pd/c1-18(2)22-11-9-12-23(19(3)4)26(22)28-15-16-29(17-28)27-24(20(5)6)13-10-14-25(27)21(7)8;1-10(2)8-9-6-4-3-5-7-9;1-3-2;/h9-16,18-21H,1-8H3;3-6H,8H2,1-2H3;;/q;2*-1;+2. The van der Waals surface area contributed by atoms with E-state index < -0.39 is 0 Å². The molecule has 1 aliphatic rings. The van der Waals surface area contributed by atoms with Gasteiger partial charge in [-0.15, -0.1) is 5.56 Å². The minimum absolute atomic E-state index is 0. The van der Waals surface area contributed by atoms with Crippen LogP contribution in [0, 0.1) is 12.7 Å². The molecule has 0 saturated heterocycles. The summed E-state index contributed by atoms with van der Waals surface area (Å²) in [6.45, 7) is 22.8. The quantitative estimate of drug-likeness (QED) is 0.0787. The van der Waals surface area contributed by atoms with Crippen molar-refractivity contribution >= 4 is 11.4 Å². The molecule has 1 heterocycles. The van der Waals surface area contributed by atoms with Gasteiger partial charge < -0.3 is 25.8 Å². The summed E-state index contributed by atoms with van der Waals surface area (Å²) in [5, 5.41) is 0. The topological polar surface area (TPSA) is 68.4 Å². The van der Waals surface area contributed by atoms with Crippen molar-refractivity contribution in [1.82, 2.24) is 4.90 Å². The van der Waals surface area contributed by atoms with Gasteiger partial charge in [0.05, 0.1) is 11.4 Å². The fourth-order valence-corrected chi connectivity index (χ4v) is 5.01. The van der Waals surface area contributed by atoms with Crippen LogP contribution < -0.4 is 9.80 Å². The summed E-state index contributed by atoms with van der Waals surface area (Å²) in [6, 6.07) is 24.6. The van der Waals surface area contributed by atoms with Gasteiger partial charge >= 0.3 is 20.4 Å². The molecule has 0 bridgehead atoms. The summed E-state index contributed by atoms with van der Waals surface area (Å²) in [5.41, 5.74) is 22.8. The van der Waals surface area contributed by atoms with E-state index in [0.29, 0.717) is 23.7 Å². The second-order valence-corrected chi connectivity index (χ2v) is 12.0. The van der Waals surface area contributed by atoms with Crippen molar-refractivity contribution in [2.45, 2.75) is 85.6 Å². The molecule has 0 aliphatic carbocycles. The number of hydrogen-bond acceptors (Lipinski definition) is 3. The first-order valence-corrected chi connectivity index (χ1v) is 14.8. The first-order valence-electron chi connectivity index (χ1n) is 14.8. The van der Waals surface area contributed by atoms with Crippen LogP contribution in [0.25, 0.3) is 16.0 Å². The molecule has 2 radical (unpaired) electrons. The number of benzene rings is 3. The van der Waals surface area contributed by atoms with E-state index in [1.54, 1.807) is 0 Å². The second-order valence-electron chi connectivity index (χ2n) is 12.0. The first kappa shape index (κ1) is 38.0. The SMILES string of the molecule is CC(C)c1cccc(C(C)C)c1N1[C]N(c2c(C(C)C)cccc2C(C)C)C=C1.CN(C)Cc1[c-]cccc1.[N-]=[N+]=[N-].[Pd+2]. The van der Waals surface area contributed by atoms with Crippen molar-refractivity contribution < 1.29 is 20.4 Å². The Balaban J connectivity index is 0.000000552. The number of anilines is 2. The van der Waals surface area contributed by atoms with Crippen LogP contribution >= 0.6 is 0 Å². The molecule has 0 amide bonds. The molecule has 3 aromatic carbocycles. The zero-order valence-corrected chi connectivity index (χ0v) is 29.0. The number of para-hydroxylation sites is 2. The van der Waals surface area contributed by atoms with Crippen molar-refractivity contribution in [2.75, 3.05) is 23.9 Å². The Labute approximate surface area is 274 Å². The van der Waals surface area contributed by atoms with E-state index in [9.17, 15) is 0 Å². The molecule has 6 nitrogen and oxygen atoms in total. The average Bonchev–Trinajstić information content (AvgIpc) is 3.43. The summed E-state index contributed by atoms with van der Waals surface area (Å²) in [5.74, 6) is 1.84. The second kappa shape index (κ2) is 18.6. The number of hydrogen-bond donors (Lipinski definition) is 0. The van der Waals surface area contributed by atoms with Crippen LogP contribution in [-0.4, -0.2) is 19.0 Å². The minimum Gasteiger partial charge on any atom is -0.373 e. The molecule has 1 aliphatic heterocycles. The van der Waals surface area contributed by atoms with Gasteiger partial charge in [0.2, 0.25) is 6.67 Å². The molecule has 0 atom stereocenters. The van der Waals surface area contributed by atoms with Gasteiger partial charge in [0, 0.05) is 18.9 Å². The van der Waals surface area contributed by atoms with E-state index in [-0.39, 0.29) is 20.4 Å². The summed E-state index contributed by atoms with van der Waals surface area (Å²) >= 11 is 0. The normalized spacial score (nSPS) is 12.3. The minimum atomic E-state index is 0. The third kappa shape index (κ3) is 10.9. The van der Waals surface area contributed by atoms with E-state index in [1.807, 2.05) is 18.2 Å². The van der Waals surface area contributed by atoms with E-state index in [0.717, 1.165) is 6.54 Å². The van der Waals surface area contributed by atoms with Crippen molar-refractivity contribution in [3.05, 3.63) is 130 Å². The molecule has 0 aromatic heterocycles. The number of nitrogens with zero attached hydrogens (tertiary/aromatic N) is 6. The summed E-state index contributed by atoms with van der Waals surface area (Å²) in [4.78, 5) is 8.03. The maximum Gasteiger partial charge on any atom is 2.00 e. The fraction of sp³-hybridized carbons (Fsp3) is 0.417. The van der Waals surface area contributed by atoms with Crippen LogP contribution in [-0.2, 0) is 27.0 Å². The van der Waals surface area contributed by atoms with Crippen LogP contribution in [0.2, 0.25) is 0 Å². The summed E-state index contributed by atoms with van der Waals surface area (Å²) < 4.78 is 0. The van der Waals surface area contributed by atoms with Gasteiger partial charge in [0.15, 0.2) is 0 Å². The molecule has 7 heteroatoms. The van der Waals surface area contributed by atoms with Gasteiger partial charge in [-0.2, -0.15) is 30.3 Å². The molecular formula is C36H48N6Pd. The van der Waals surface area contributed by atoms with Gasteiger partial charge in [-0.1, -0.05) is 91.8 Å². The molecule has 0 spiro atoms. The van der Waals surface area contributed by atoms with E-state index in [1.165, 1.54) is 44.1 Å². The van der Waals surface area contributed by atoms with Crippen molar-refractivity contribution in [3.8, 4) is 0 Å². The predicted octanol–water partition coefficient (Wildman–Crippen LogP) is 10.4. The predicted molar refractivity (Wildman–Crippen MR) is 179 cm³/mol. The fourth-order valence-electron chi connectivity index (χ4n) is 5.01. The van der Waals surface area contributed by atoms with Crippen LogP contribution in [0.1, 0.15) is 107 Å². The van der Waals surface area contributed by atoms with Gasteiger partial charge in [0.1, 0.15) is 0 Å². The molecule has 3 aromatic rings. The van der Waals surface area contributed by atoms with E-state index in [4.69, 9.17) is 11.1 Å². The molecule has 0 fully saturated rings. The third-order valence-electron chi connectivity index (χ3n) is 7.01. The van der Waals surface area contributed by atoms with Crippen LogP contribution in [0.5, 0.6) is 0 Å². The third-order valence-corrected chi connectivity index (χ3v) is 7.01. The largest absolute Gasteiger partial charge is 2.00 e. The molecule has 0 saturated carbocycles. The smallest absolute Gasteiger partial charge is 0.373 e. The Morgan fingerprint density at radius 3 is 1.33 bits per heavy atom. The summed E-state index contributed by atoms with van der Waals surface area (Å²) in [6.07, 6.45) is 4.32. The Morgan fingerprint density at radius 2 is 1.05 bits per heavy atom. The molecule has 232 valence electrons. The Bertz CT molecular complexity index is 1180. The number of rotatable bonds is 8. The summed E-state index contributed by atoms with van der Waals surface area (Å²) in [7, 11) is 4.11. The Kier molecular flexibility index (Phi) is 16.4. The molecule has 0 unspecified atom stereocenters. The van der Waals surface area contributed by atoms with Crippen molar-refractivity contribution in [2.24, 2.45) is 0 Å². The van der Waals surface area contributed by atoms with Gasteiger partial charge in [-0.3, -0.25) is 4.91 Å². The molecule has 4 rings (SSSR count). The van der Waals surface area contributed by atoms with Crippen molar-refractivity contribution in [3.63, 3.8) is 0 Å². The first-order chi connectivity index (χ1) is 19.9. The van der Waals surface area contributed by atoms with Crippen LogP contribution in [0.3, 0.4) is 0 Å². The average molecular weight is 671 g/mol. The molecular weight excluding hydrogens is 623 g/mol. The maximum absolute atomic E-state index is 6.75. The van der Waals surface area contributed by atoms with Crippen LogP contribution in [0.15, 0.2) is 73.1 Å². The van der Waals surface area contributed by atoms with E-state index >= 15 is 0 Å². The van der Waals surface area contributed by atoms with Gasteiger partial charge in [-0.25, -0.2) is 0 Å². The maximum atomic E-state index is 6.75. The van der Waals surface area contributed by atoms with Crippen LogP contribution in [0.4, 0.5) is 11.4 Å².